The van der Waals surface area contributed by atoms with Crippen molar-refractivity contribution in [3.63, 3.8) is 0 Å². The van der Waals surface area contributed by atoms with Crippen LogP contribution < -0.4 is 4.90 Å². The molecule has 0 aliphatic heterocycles. The van der Waals surface area contributed by atoms with Crippen LogP contribution in [0.15, 0.2) is 30.6 Å². The van der Waals surface area contributed by atoms with Gasteiger partial charge in [-0.05, 0) is 13.0 Å². The Morgan fingerprint density at radius 3 is 2.58 bits per heavy atom. The van der Waals surface area contributed by atoms with Crippen LogP contribution in [-0.2, 0) is 0 Å². The second-order valence-electron chi connectivity index (χ2n) is 2.86. The molecule has 0 bridgehead atoms. The van der Waals surface area contributed by atoms with Gasteiger partial charge in [0.25, 0.3) is 0 Å². The number of rotatable bonds is 3. The number of hydrogen-bond acceptors (Lipinski definition) is 3. The third-order valence-electron chi connectivity index (χ3n) is 1.40. The van der Waals surface area contributed by atoms with Gasteiger partial charge in [0, 0.05) is 26.0 Å². The second kappa shape index (κ2) is 3.85. The largest absolute Gasteiger partial charge is 0.340 e. The SMILES string of the molecule is C=C(C)CN(C)c1ncccn1. The normalized spacial score (nSPS) is 9.50. The van der Waals surface area contributed by atoms with E-state index in [1.807, 2.05) is 18.9 Å². The summed E-state index contributed by atoms with van der Waals surface area (Å²) in [6, 6.07) is 1.80. The van der Waals surface area contributed by atoms with Crippen molar-refractivity contribution in [1.82, 2.24) is 9.97 Å². The molecule has 12 heavy (non-hydrogen) atoms. The number of likely N-dealkylation sites (N-methyl/N-ethyl adjacent to an activating group) is 1. The van der Waals surface area contributed by atoms with Crippen LogP contribution >= 0.6 is 0 Å². The monoisotopic (exact) mass is 163 g/mol. The molecule has 0 radical (unpaired) electrons. The highest BCUT2D eigenvalue weighted by Crippen LogP contribution is 2.03. The van der Waals surface area contributed by atoms with E-state index in [2.05, 4.69) is 16.5 Å². The van der Waals surface area contributed by atoms with Gasteiger partial charge in [-0.3, -0.25) is 0 Å². The average molecular weight is 163 g/mol. The first-order valence-corrected chi connectivity index (χ1v) is 3.82. The van der Waals surface area contributed by atoms with Crippen LogP contribution in [0.25, 0.3) is 0 Å². The van der Waals surface area contributed by atoms with Gasteiger partial charge < -0.3 is 4.90 Å². The quantitative estimate of drug-likeness (QED) is 0.632. The molecule has 1 heterocycles. The highest BCUT2D eigenvalue weighted by atomic mass is 15.2. The molecule has 3 heteroatoms. The van der Waals surface area contributed by atoms with E-state index in [-0.39, 0.29) is 0 Å². The van der Waals surface area contributed by atoms with Crippen molar-refractivity contribution in [3.05, 3.63) is 30.6 Å². The molecular weight excluding hydrogens is 150 g/mol. The van der Waals surface area contributed by atoms with Crippen molar-refractivity contribution < 1.29 is 0 Å². The van der Waals surface area contributed by atoms with E-state index >= 15 is 0 Å². The van der Waals surface area contributed by atoms with E-state index in [1.54, 1.807) is 18.5 Å². The van der Waals surface area contributed by atoms with Crippen LogP contribution in [0.4, 0.5) is 5.95 Å². The smallest absolute Gasteiger partial charge is 0.225 e. The number of nitrogens with zero attached hydrogens (tertiary/aromatic N) is 3. The van der Waals surface area contributed by atoms with Crippen LogP contribution in [-0.4, -0.2) is 23.6 Å². The molecule has 1 rings (SSSR count). The van der Waals surface area contributed by atoms with Crippen LogP contribution in [0, 0.1) is 0 Å². The standard InChI is InChI=1S/C9H13N3/c1-8(2)7-12(3)9-10-5-4-6-11-9/h4-6H,1,7H2,2-3H3. The molecule has 0 unspecified atom stereocenters. The Kier molecular flexibility index (Phi) is 2.80. The Hall–Kier alpha value is -1.38. The maximum absolute atomic E-state index is 4.11. The van der Waals surface area contributed by atoms with E-state index in [0.29, 0.717) is 0 Å². The summed E-state index contributed by atoms with van der Waals surface area (Å²) in [6.45, 7) is 6.60. The number of hydrogen-bond donors (Lipinski definition) is 0. The van der Waals surface area contributed by atoms with E-state index < -0.39 is 0 Å². The Morgan fingerprint density at radius 2 is 2.08 bits per heavy atom. The van der Waals surface area contributed by atoms with Gasteiger partial charge in [-0.2, -0.15) is 0 Å². The van der Waals surface area contributed by atoms with Crippen molar-refractivity contribution in [2.24, 2.45) is 0 Å². The lowest BCUT2D eigenvalue weighted by Crippen LogP contribution is -2.21. The molecule has 0 saturated heterocycles. The number of anilines is 1. The van der Waals surface area contributed by atoms with Gasteiger partial charge in [-0.1, -0.05) is 12.2 Å². The van der Waals surface area contributed by atoms with Gasteiger partial charge in [0.05, 0.1) is 0 Å². The molecule has 0 fully saturated rings. The van der Waals surface area contributed by atoms with Crippen LogP contribution in [0.1, 0.15) is 6.92 Å². The average Bonchev–Trinajstić information content (AvgIpc) is 2.05. The molecule has 3 nitrogen and oxygen atoms in total. The van der Waals surface area contributed by atoms with Crippen molar-refractivity contribution in [3.8, 4) is 0 Å². The molecule has 0 aliphatic rings. The Labute approximate surface area is 72.8 Å². The highest BCUT2D eigenvalue weighted by molar-refractivity contribution is 5.28. The summed E-state index contributed by atoms with van der Waals surface area (Å²) in [5.41, 5.74) is 1.10. The van der Waals surface area contributed by atoms with Crippen molar-refractivity contribution in [1.29, 1.82) is 0 Å². The Balaban J connectivity index is 2.65. The maximum atomic E-state index is 4.11. The minimum atomic E-state index is 0.737. The van der Waals surface area contributed by atoms with E-state index in [0.717, 1.165) is 18.1 Å². The molecule has 0 aromatic carbocycles. The zero-order chi connectivity index (χ0) is 8.97. The molecule has 1 aromatic rings. The fourth-order valence-electron chi connectivity index (χ4n) is 0.964. The molecular formula is C9H13N3. The van der Waals surface area contributed by atoms with Crippen LogP contribution in [0.3, 0.4) is 0 Å². The molecule has 1 aromatic heterocycles. The Bertz CT molecular complexity index is 256. The topological polar surface area (TPSA) is 29.0 Å². The van der Waals surface area contributed by atoms with Gasteiger partial charge in [-0.15, -0.1) is 0 Å². The molecule has 0 atom stereocenters. The second-order valence-corrected chi connectivity index (χ2v) is 2.86. The molecule has 0 amide bonds. The van der Waals surface area contributed by atoms with Crippen LogP contribution in [0.2, 0.25) is 0 Å². The summed E-state index contributed by atoms with van der Waals surface area (Å²) in [7, 11) is 1.95. The summed E-state index contributed by atoms with van der Waals surface area (Å²) >= 11 is 0. The van der Waals surface area contributed by atoms with Crippen molar-refractivity contribution >= 4 is 5.95 Å². The lowest BCUT2D eigenvalue weighted by Gasteiger charge is -2.15. The summed E-state index contributed by atoms with van der Waals surface area (Å²) in [5, 5.41) is 0. The molecule has 0 aliphatic carbocycles. The minimum Gasteiger partial charge on any atom is -0.340 e. The third kappa shape index (κ3) is 2.34. The summed E-state index contributed by atoms with van der Waals surface area (Å²) in [5.74, 6) is 0.737. The lowest BCUT2D eigenvalue weighted by molar-refractivity contribution is 0.915. The third-order valence-corrected chi connectivity index (χ3v) is 1.40. The lowest BCUT2D eigenvalue weighted by atomic mass is 10.3. The molecule has 0 spiro atoms. The maximum Gasteiger partial charge on any atom is 0.225 e. The first-order valence-electron chi connectivity index (χ1n) is 3.82. The number of aromatic nitrogens is 2. The van der Waals surface area contributed by atoms with E-state index in [1.165, 1.54) is 0 Å². The van der Waals surface area contributed by atoms with Crippen LogP contribution in [0.5, 0.6) is 0 Å². The predicted octanol–water partition coefficient (Wildman–Crippen LogP) is 1.49. The molecule has 0 saturated carbocycles. The summed E-state index contributed by atoms with van der Waals surface area (Å²) in [4.78, 5) is 10.2. The van der Waals surface area contributed by atoms with Gasteiger partial charge in [-0.25, -0.2) is 9.97 Å². The first kappa shape index (κ1) is 8.71. The van der Waals surface area contributed by atoms with Gasteiger partial charge in [0.15, 0.2) is 0 Å². The van der Waals surface area contributed by atoms with E-state index in [4.69, 9.17) is 0 Å². The van der Waals surface area contributed by atoms with Gasteiger partial charge in [0.2, 0.25) is 5.95 Å². The molecule has 0 N–H and O–H groups in total. The van der Waals surface area contributed by atoms with E-state index in [9.17, 15) is 0 Å². The van der Waals surface area contributed by atoms with Crippen molar-refractivity contribution in [2.75, 3.05) is 18.5 Å². The predicted molar refractivity (Wildman–Crippen MR) is 50.1 cm³/mol. The highest BCUT2D eigenvalue weighted by Gasteiger charge is 2.00. The zero-order valence-corrected chi connectivity index (χ0v) is 7.49. The van der Waals surface area contributed by atoms with Gasteiger partial charge in [0.1, 0.15) is 0 Å². The van der Waals surface area contributed by atoms with Gasteiger partial charge >= 0.3 is 0 Å². The van der Waals surface area contributed by atoms with Crippen molar-refractivity contribution in [2.45, 2.75) is 6.92 Å². The Morgan fingerprint density at radius 1 is 1.50 bits per heavy atom. The first-order chi connectivity index (χ1) is 5.70. The molecule has 64 valence electrons. The summed E-state index contributed by atoms with van der Waals surface area (Å²) < 4.78 is 0. The summed E-state index contributed by atoms with van der Waals surface area (Å²) in [6.07, 6.45) is 3.47. The zero-order valence-electron chi connectivity index (χ0n) is 7.49. The minimum absolute atomic E-state index is 0.737. The fourth-order valence-corrected chi connectivity index (χ4v) is 0.964. The fraction of sp³-hybridized carbons (Fsp3) is 0.333.